The van der Waals surface area contributed by atoms with Crippen LogP contribution in [0.2, 0.25) is 5.02 Å². The van der Waals surface area contributed by atoms with Crippen LogP contribution in [-0.4, -0.2) is 15.8 Å². The molecule has 3 nitrogen and oxygen atoms in total. The molecule has 0 aliphatic heterocycles. The van der Waals surface area contributed by atoms with Crippen LogP contribution in [0.25, 0.3) is 0 Å². The Balaban J connectivity index is 2.60. The van der Waals surface area contributed by atoms with Gasteiger partial charge in [0.1, 0.15) is 0 Å². The Bertz CT molecular complexity index is 275. The van der Waals surface area contributed by atoms with Crippen LogP contribution in [0.1, 0.15) is 20.8 Å². The van der Waals surface area contributed by atoms with E-state index in [0.29, 0.717) is 11.6 Å². The lowest BCUT2D eigenvalue weighted by atomic mass is 9.87. The standard InChI is InChI=1S/C9H16ClN3/c1-9(2,3)8(11)6-13-5-7(10)4-12-13/h4-5,8H,6,11H2,1-3H3. The van der Waals surface area contributed by atoms with Crippen LogP contribution in [0.3, 0.4) is 0 Å². The summed E-state index contributed by atoms with van der Waals surface area (Å²) in [7, 11) is 0. The second kappa shape index (κ2) is 3.68. The fraction of sp³-hybridized carbons (Fsp3) is 0.667. The highest BCUT2D eigenvalue weighted by Crippen LogP contribution is 2.18. The average molecular weight is 202 g/mol. The first-order valence-corrected chi connectivity index (χ1v) is 4.71. The van der Waals surface area contributed by atoms with Crippen LogP contribution in [0, 0.1) is 5.41 Å². The molecule has 13 heavy (non-hydrogen) atoms. The van der Waals surface area contributed by atoms with Gasteiger partial charge in [-0.3, -0.25) is 4.68 Å². The molecule has 0 bridgehead atoms. The Morgan fingerprint density at radius 3 is 2.62 bits per heavy atom. The molecule has 74 valence electrons. The molecule has 1 atom stereocenters. The fourth-order valence-corrected chi connectivity index (χ4v) is 1.07. The van der Waals surface area contributed by atoms with Gasteiger partial charge in [0.2, 0.25) is 0 Å². The molecule has 0 aromatic carbocycles. The van der Waals surface area contributed by atoms with Crippen LogP contribution < -0.4 is 5.73 Å². The van der Waals surface area contributed by atoms with Crippen molar-refractivity contribution in [1.82, 2.24) is 9.78 Å². The third-order valence-corrected chi connectivity index (χ3v) is 2.29. The molecule has 2 N–H and O–H groups in total. The number of nitrogens with zero attached hydrogens (tertiary/aromatic N) is 2. The lowest BCUT2D eigenvalue weighted by Gasteiger charge is -2.26. The normalized spacial score (nSPS) is 14.5. The summed E-state index contributed by atoms with van der Waals surface area (Å²) in [6.07, 6.45) is 3.41. The van der Waals surface area contributed by atoms with Crippen molar-refractivity contribution in [3.8, 4) is 0 Å². The van der Waals surface area contributed by atoms with E-state index >= 15 is 0 Å². The van der Waals surface area contributed by atoms with E-state index in [1.54, 1.807) is 17.1 Å². The molecule has 0 fully saturated rings. The minimum Gasteiger partial charge on any atom is -0.326 e. The summed E-state index contributed by atoms with van der Waals surface area (Å²) in [5.41, 5.74) is 6.08. The first kappa shape index (κ1) is 10.5. The van der Waals surface area contributed by atoms with Crippen LogP contribution in [0.15, 0.2) is 12.4 Å². The Hall–Kier alpha value is -0.540. The summed E-state index contributed by atoms with van der Waals surface area (Å²) >= 11 is 5.73. The van der Waals surface area contributed by atoms with Gasteiger partial charge in [0.05, 0.1) is 17.8 Å². The zero-order chi connectivity index (χ0) is 10.1. The third-order valence-electron chi connectivity index (χ3n) is 2.10. The van der Waals surface area contributed by atoms with Gasteiger partial charge in [0, 0.05) is 12.2 Å². The molecule has 0 spiro atoms. The molecule has 1 aromatic heterocycles. The molecular weight excluding hydrogens is 186 g/mol. The van der Waals surface area contributed by atoms with Crippen molar-refractivity contribution in [2.75, 3.05) is 0 Å². The van der Waals surface area contributed by atoms with Gasteiger partial charge < -0.3 is 5.73 Å². The van der Waals surface area contributed by atoms with Crippen molar-refractivity contribution >= 4 is 11.6 Å². The predicted octanol–water partition coefficient (Wildman–Crippen LogP) is 1.91. The lowest BCUT2D eigenvalue weighted by Crippen LogP contribution is -2.38. The fourth-order valence-electron chi connectivity index (χ4n) is 0.914. The molecule has 0 saturated carbocycles. The quantitative estimate of drug-likeness (QED) is 0.795. The van der Waals surface area contributed by atoms with Crippen molar-refractivity contribution in [2.45, 2.75) is 33.4 Å². The van der Waals surface area contributed by atoms with Crippen LogP contribution in [0.5, 0.6) is 0 Å². The molecule has 0 saturated heterocycles. The maximum Gasteiger partial charge on any atom is 0.0785 e. The first-order chi connectivity index (χ1) is 5.89. The second-order valence-corrected chi connectivity index (χ2v) is 4.79. The highest BCUT2D eigenvalue weighted by molar-refractivity contribution is 6.30. The van der Waals surface area contributed by atoms with Gasteiger partial charge in [-0.15, -0.1) is 0 Å². The van der Waals surface area contributed by atoms with Crippen molar-refractivity contribution in [3.05, 3.63) is 17.4 Å². The Labute approximate surface area is 83.9 Å². The van der Waals surface area contributed by atoms with E-state index in [9.17, 15) is 0 Å². The van der Waals surface area contributed by atoms with Gasteiger partial charge >= 0.3 is 0 Å². The average Bonchev–Trinajstić information content (AvgIpc) is 2.33. The van der Waals surface area contributed by atoms with Gasteiger partial charge in [-0.1, -0.05) is 32.4 Å². The largest absolute Gasteiger partial charge is 0.326 e. The van der Waals surface area contributed by atoms with Gasteiger partial charge in [0.25, 0.3) is 0 Å². The molecule has 0 radical (unpaired) electrons. The van der Waals surface area contributed by atoms with Crippen molar-refractivity contribution < 1.29 is 0 Å². The monoisotopic (exact) mass is 201 g/mol. The minimum absolute atomic E-state index is 0.0865. The van der Waals surface area contributed by atoms with Gasteiger partial charge in [-0.25, -0.2) is 0 Å². The maximum atomic E-state index is 5.99. The van der Waals surface area contributed by atoms with E-state index in [0.717, 1.165) is 0 Å². The zero-order valence-corrected chi connectivity index (χ0v) is 9.04. The van der Waals surface area contributed by atoms with Crippen molar-refractivity contribution in [1.29, 1.82) is 0 Å². The summed E-state index contributed by atoms with van der Waals surface area (Å²) in [5.74, 6) is 0. The topological polar surface area (TPSA) is 43.8 Å². The van der Waals surface area contributed by atoms with Crippen LogP contribution in [-0.2, 0) is 6.54 Å². The molecule has 1 heterocycles. The molecule has 1 unspecified atom stereocenters. The van der Waals surface area contributed by atoms with E-state index in [4.69, 9.17) is 17.3 Å². The highest BCUT2D eigenvalue weighted by atomic mass is 35.5. The summed E-state index contributed by atoms with van der Waals surface area (Å²) < 4.78 is 1.78. The molecule has 0 aliphatic rings. The number of halogens is 1. The molecule has 0 amide bonds. The van der Waals surface area contributed by atoms with Crippen molar-refractivity contribution in [2.24, 2.45) is 11.1 Å². The van der Waals surface area contributed by atoms with Gasteiger partial charge in [0.15, 0.2) is 0 Å². The highest BCUT2D eigenvalue weighted by Gasteiger charge is 2.20. The number of aromatic nitrogens is 2. The summed E-state index contributed by atoms with van der Waals surface area (Å²) in [6.45, 7) is 7.05. The molecule has 0 aliphatic carbocycles. The molecule has 1 aromatic rings. The van der Waals surface area contributed by atoms with Gasteiger partial charge in [-0.05, 0) is 5.41 Å². The van der Waals surface area contributed by atoms with Crippen molar-refractivity contribution in [3.63, 3.8) is 0 Å². The Morgan fingerprint density at radius 2 is 2.23 bits per heavy atom. The van der Waals surface area contributed by atoms with Crippen LogP contribution in [0.4, 0.5) is 0 Å². The zero-order valence-electron chi connectivity index (χ0n) is 8.29. The van der Waals surface area contributed by atoms with Gasteiger partial charge in [-0.2, -0.15) is 5.10 Å². The minimum atomic E-state index is 0.0865. The van der Waals surface area contributed by atoms with E-state index in [1.165, 1.54) is 0 Å². The molecule has 4 heteroatoms. The molecule has 1 rings (SSSR count). The Kier molecular flexibility index (Phi) is 2.98. The third kappa shape index (κ3) is 3.01. The second-order valence-electron chi connectivity index (χ2n) is 4.35. The number of hydrogen-bond donors (Lipinski definition) is 1. The summed E-state index contributed by atoms with van der Waals surface area (Å²) in [5, 5.41) is 4.73. The molecular formula is C9H16ClN3. The first-order valence-electron chi connectivity index (χ1n) is 4.33. The van der Waals surface area contributed by atoms with E-state index < -0.39 is 0 Å². The SMILES string of the molecule is CC(C)(C)C(N)Cn1cc(Cl)cn1. The van der Waals surface area contributed by atoms with E-state index in [-0.39, 0.29) is 11.5 Å². The smallest absolute Gasteiger partial charge is 0.0785 e. The maximum absolute atomic E-state index is 5.99. The van der Waals surface area contributed by atoms with Crippen LogP contribution >= 0.6 is 11.6 Å². The lowest BCUT2D eigenvalue weighted by molar-refractivity contribution is 0.283. The number of nitrogens with two attached hydrogens (primary N) is 1. The van der Waals surface area contributed by atoms with E-state index in [1.807, 2.05) is 0 Å². The summed E-state index contributed by atoms with van der Waals surface area (Å²) in [6, 6.07) is 0.0865. The van der Waals surface area contributed by atoms with E-state index in [2.05, 4.69) is 25.9 Å². The Morgan fingerprint density at radius 1 is 1.62 bits per heavy atom. The predicted molar refractivity (Wildman–Crippen MR) is 54.7 cm³/mol. The summed E-state index contributed by atoms with van der Waals surface area (Å²) in [4.78, 5) is 0. The number of rotatable bonds is 2. The number of hydrogen-bond acceptors (Lipinski definition) is 2.